The smallest absolute Gasteiger partial charge is 0.260 e. The highest BCUT2D eigenvalue weighted by Crippen LogP contribution is 2.33. The summed E-state index contributed by atoms with van der Waals surface area (Å²) in [7, 11) is 1.91. The van der Waals surface area contributed by atoms with Crippen LogP contribution in [0.3, 0.4) is 0 Å². The molecule has 136 valence electrons. The lowest BCUT2D eigenvalue weighted by molar-refractivity contribution is -0.125. The van der Waals surface area contributed by atoms with E-state index in [1.165, 1.54) is 11.1 Å². The number of aryl methyl sites for hydroxylation is 1. The van der Waals surface area contributed by atoms with Crippen LogP contribution >= 0.6 is 0 Å². The van der Waals surface area contributed by atoms with E-state index in [0.717, 1.165) is 0 Å². The molecule has 26 heavy (non-hydrogen) atoms. The third-order valence-corrected chi connectivity index (χ3v) is 4.50. The van der Waals surface area contributed by atoms with E-state index in [4.69, 9.17) is 10.5 Å². The van der Waals surface area contributed by atoms with Gasteiger partial charge in [-0.05, 0) is 37.2 Å². The van der Waals surface area contributed by atoms with Crippen LogP contribution in [-0.2, 0) is 16.1 Å². The van der Waals surface area contributed by atoms with Gasteiger partial charge in [0.15, 0.2) is 6.10 Å². The molecule has 1 aliphatic heterocycles. The summed E-state index contributed by atoms with van der Waals surface area (Å²) in [5, 5.41) is 0. The molecule has 2 aromatic carbocycles. The van der Waals surface area contributed by atoms with Gasteiger partial charge in [-0.3, -0.25) is 14.5 Å². The van der Waals surface area contributed by atoms with Gasteiger partial charge < -0.3 is 15.4 Å². The van der Waals surface area contributed by atoms with Crippen molar-refractivity contribution in [2.75, 3.05) is 25.0 Å². The van der Waals surface area contributed by atoms with Gasteiger partial charge in [-0.1, -0.05) is 36.4 Å². The lowest BCUT2D eigenvalue weighted by Gasteiger charge is -2.34. The van der Waals surface area contributed by atoms with Gasteiger partial charge in [0, 0.05) is 6.54 Å². The van der Waals surface area contributed by atoms with Gasteiger partial charge in [0.25, 0.3) is 5.91 Å². The van der Waals surface area contributed by atoms with Gasteiger partial charge in [0.1, 0.15) is 5.75 Å². The summed E-state index contributed by atoms with van der Waals surface area (Å²) in [6.07, 6.45) is -0.837. The van der Waals surface area contributed by atoms with E-state index in [1.807, 2.05) is 36.2 Å². The number of nitrogens with zero attached hydrogens (tertiary/aromatic N) is 2. The van der Waals surface area contributed by atoms with E-state index >= 15 is 0 Å². The van der Waals surface area contributed by atoms with Crippen LogP contribution in [0.15, 0.2) is 48.5 Å². The summed E-state index contributed by atoms with van der Waals surface area (Å²) in [6.45, 7) is 3.09. The lowest BCUT2D eigenvalue weighted by atomic mass is 10.1. The first-order chi connectivity index (χ1) is 12.5. The Morgan fingerprint density at radius 3 is 2.62 bits per heavy atom. The van der Waals surface area contributed by atoms with E-state index in [-0.39, 0.29) is 19.0 Å². The second kappa shape index (κ2) is 7.58. The standard InChI is InChI=1S/C20H23N3O3/c1-14-7-3-4-8-15(14)11-22(2)13-19(24)23-12-18(20(21)25)26-17-10-6-5-9-16(17)23/h3-10,18H,11-13H2,1-2H3,(H2,21,25). The van der Waals surface area contributed by atoms with E-state index in [9.17, 15) is 9.59 Å². The Kier molecular flexibility index (Phi) is 5.23. The summed E-state index contributed by atoms with van der Waals surface area (Å²) in [6, 6.07) is 15.3. The Labute approximate surface area is 153 Å². The van der Waals surface area contributed by atoms with Crippen molar-refractivity contribution >= 4 is 17.5 Å². The Morgan fingerprint density at radius 1 is 1.19 bits per heavy atom. The summed E-state index contributed by atoms with van der Waals surface area (Å²) in [5.41, 5.74) is 8.43. The van der Waals surface area contributed by atoms with Crippen LogP contribution in [-0.4, -0.2) is 43.0 Å². The maximum atomic E-state index is 12.9. The molecular weight excluding hydrogens is 330 g/mol. The molecule has 0 radical (unpaired) electrons. The molecule has 1 aliphatic rings. The van der Waals surface area contributed by atoms with Crippen molar-refractivity contribution in [1.29, 1.82) is 0 Å². The second-order valence-corrected chi connectivity index (χ2v) is 6.58. The van der Waals surface area contributed by atoms with Crippen LogP contribution in [0, 0.1) is 6.92 Å². The van der Waals surface area contributed by atoms with Crippen molar-refractivity contribution in [3.05, 3.63) is 59.7 Å². The van der Waals surface area contributed by atoms with E-state index in [0.29, 0.717) is 18.0 Å². The molecule has 0 fully saturated rings. The number of nitrogens with two attached hydrogens (primary N) is 1. The van der Waals surface area contributed by atoms with Crippen LogP contribution in [0.4, 0.5) is 5.69 Å². The number of benzene rings is 2. The number of hydrogen-bond acceptors (Lipinski definition) is 4. The Bertz CT molecular complexity index is 821. The minimum atomic E-state index is -0.837. The van der Waals surface area contributed by atoms with Crippen LogP contribution in [0.5, 0.6) is 5.75 Å². The quantitative estimate of drug-likeness (QED) is 0.888. The predicted octanol–water partition coefficient (Wildman–Crippen LogP) is 1.71. The highest BCUT2D eigenvalue weighted by atomic mass is 16.5. The first-order valence-electron chi connectivity index (χ1n) is 8.54. The first-order valence-corrected chi connectivity index (χ1v) is 8.54. The minimum absolute atomic E-state index is 0.0944. The second-order valence-electron chi connectivity index (χ2n) is 6.58. The van der Waals surface area contributed by atoms with Crippen LogP contribution in [0.25, 0.3) is 0 Å². The van der Waals surface area contributed by atoms with Gasteiger partial charge >= 0.3 is 0 Å². The lowest BCUT2D eigenvalue weighted by Crippen LogP contribution is -2.51. The molecule has 0 saturated heterocycles. The monoisotopic (exact) mass is 353 g/mol. The first kappa shape index (κ1) is 17.9. The van der Waals surface area contributed by atoms with Gasteiger partial charge in [-0.25, -0.2) is 0 Å². The fourth-order valence-corrected chi connectivity index (χ4v) is 3.07. The van der Waals surface area contributed by atoms with Crippen molar-refractivity contribution in [3.8, 4) is 5.75 Å². The normalized spacial score (nSPS) is 16.1. The largest absolute Gasteiger partial charge is 0.477 e. The maximum Gasteiger partial charge on any atom is 0.260 e. The molecule has 1 unspecified atom stereocenters. The van der Waals surface area contributed by atoms with Crippen molar-refractivity contribution in [1.82, 2.24) is 4.90 Å². The van der Waals surface area contributed by atoms with E-state index < -0.39 is 12.0 Å². The average molecular weight is 353 g/mol. The number of rotatable bonds is 5. The molecule has 2 amide bonds. The minimum Gasteiger partial charge on any atom is -0.477 e. The molecule has 3 rings (SSSR count). The van der Waals surface area contributed by atoms with Gasteiger partial charge in [0.05, 0.1) is 18.8 Å². The van der Waals surface area contributed by atoms with Crippen LogP contribution < -0.4 is 15.4 Å². The SMILES string of the molecule is Cc1ccccc1CN(C)CC(=O)N1CC(C(N)=O)Oc2ccccc21. The molecule has 0 bridgehead atoms. The fraction of sp³-hybridized carbons (Fsp3) is 0.300. The van der Waals surface area contributed by atoms with E-state index in [1.54, 1.807) is 17.0 Å². The average Bonchev–Trinajstić information content (AvgIpc) is 2.62. The number of carbonyl (C=O) groups excluding carboxylic acids is 2. The summed E-state index contributed by atoms with van der Waals surface area (Å²) in [4.78, 5) is 28.0. The topological polar surface area (TPSA) is 75.9 Å². The number of para-hydroxylation sites is 2. The molecule has 0 aliphatic carbocycles. The predicted molar refractivity (Wildman–Crippen MR) is 99.9 cm³/mol. The van der Waals surface area contributed by atoms with Crippen molar-refractivity contribution < 1.29 is 14.3 Å². The number of primary amides is 1. The molecule has 1 atom stereocenters. The van der Waals surface area contributed by atoms with Crippen LogP contribution in [0.2, 0.25) is 0 Å². The maximum absolute atomic E-state index is 12.9. The van der Waals surface area contributed by atoms with Gasteiger partial charge in [-0.2, -0.15) is 0 Å². The molecule has 2 aromatic rings. The molecule has 0 saturated carbocycles. The Morgan fingerprint density at radius 2 is 1.88 bits per heavy atom. The number of hydrogen-bond donors (Lipinski definition) is 1. The zero-order valence-electron chi connectivity index (χ0n) is 15.0. The van der Waals surface area contributed by atoms with Crippen molar-refractivity contribution in [3.63, 3.8) is 0 Å². The zero-order chi connectivity index (χ0) is 18.7. The van der Waals surface area contributed by atoms with Crippen LogP contribution in [0.1, 0.15) is 11.1 Å². The summed E-state index contributed by atoms with van der Waals surface area (Å²) in [5.74, 6) is -0.175. The van der Waals surface area contributed by atoms with Gasteiger partial charge in [-0.15, -0.1) is 0 Å². The Balaban J connectivity index is 1.74. The molecule has 6 nitrogen and oxygen atoms in total. The van der Waals surface area contributed by atoms with Gasteiger partial charge in [0.2, 0.25) is 5.91 Å². The number of anilines is 1. The molecule has 2 N–H and O–H groups in total. The molecule has 0 spiro atoms. The third-order valence-electron chi connectivity index (χ3n) is 4.50. The Hall–Kier alpha value is -2.86. The summed E-state index contributed by atoms with van der Waals surface area (Å²) < 4.78 is 5.61. The third kappa shape index (κ3) is 3.86. The molecule has 6 heteroatoms. The number of ether oxygens (including phenoxy) is 1. The molecular formula is C20H23N3O3. The summed E-state index contributed by atoms with van der Waals surface area (Å²) >= 11 is 0. The number of amides is 2. The highest BCUT2D eigenvalue weighted by molar-refractivity contribution is 5.98. The molecule has 1 heterocycles. The zero-order valence-corrected chi connectivity index (χ0v) is 15.0. The number of carbonyl (C=O) groups is 2. The number of fused-ring (bicyclic) bond motifs is 1. The van der Waals surface area contributed by atoms with Crippen molar-refractivity contribution in [2.45, 2.75) is 19.6 Å². The highest BCUT2D eigenvalue weighted by Gasteiger charge is 2.32. The molecule has 0 aromatic heterocycles. The van der Waals surface area contributed by atoms with E-state index in [2.05, 4.69) is 19.1 Å². The van der Waals surface area contributed by atoms with Crippen molar-refractivity contribution in [2.24, 2.45) is 5.73 Å². The fourth-order valence-electron chi connectivity index (χ4n) is 3.07. The number of likely N-dealkylation sites (N-methyl/N-ethyl adjacent to an activating group) is 1.